The van der Waals surface area contributed by atoms with Crippen molar-refractivity contribution in [2.45, 2.75) is 34.1 Å². The number of hydrogen-bond donors (Lipinski definition) is 0. The second kappa shape index (κ2) is 6.35. The topological polar surface area (TPSA) is 12.9 Å². The Labute approximate surface area is 73.5 Å². The van der Waals surface area contributed by atoms with Crippen LogP contribution >= 0.6 is 11.3 Å². The first-order valence-corrected chi connectivity index (χ1v) is 5.10. The molecule has 64 valence electrons. The van der Waals surface area contributed by atoms with Crippen molar-refractivity contribution in [2.75, 3.05) is 0 Å². The molecule has 0 aliphatic heterocycles. The van der Waals surface area contributed by atoms with E-state index in [4.69, 9.17) is 0 Å². The molecule has 1 rings (SSSR count). The molecule has 1 heterocycles. The van der Waals surface area contributed by atoms with E-state index in [0.717, 1.165) is 12.3 Å². The van der Waals surface area contributed by atoms with Crippen molar-refractivity contribution in [3.63, 3.8) is 0 Å². The van der Waals surface area contributed by atoms with Gasteiger partial charge in [-0.05, 0) is 12.3 Å². The molecule has 0 N–H and O–H groups in total. The number of aromatic nitrogens is 1. The summed E-state index contributed by atoms with van der Waals surface area (Å²) in [5, 5.41) is 2.11. The van der Waals surface area contributed by atoms with Crippen LogP contribution in [-0.4, -0.2) is 4.98 Å². The van der Waals surface area contributed by atoms with Crippen molar-refractivity contribution in [1.82, 2.24) is 4.98 Å². The zero-order valence-corrected chi connectivity index (χ0v) is 8.61. The van der Waals surface area contributed by atoms with E-state index >= 15 is 0 Å². The summed E-state index contributed by atoms with van der Waals surface area (Å²) in [5.74, 6) is 0.729. The Balaban J connectivity index is 0.000000461. The van der Waals surface area contributed by atoms with Crippen LogP contribution in [0.25, 0.3) is 0 Å². The van der Waals surface area contributed by atoms with Gasteiger partial charge in [0.15, 0.2) is 0 Å². The molecule has 0 aliphatic carbocycles. The zero-order chi connectivity index (χ0) is 8.69. The lowest BCUT2D eigenvalue weighted by Crippen LogP contribution is -1.92. The monoisotopic (exact) mass is 171 g/mol. The SMILES string of the molecule is CC.CC(C)Cc1cscn1. The van der Waals surface area contributed by atoms with Gasteiger partial charge in [-0.15, -0.1) is 11.3 Å². The van der Waals surface area contributed by atoms with Gasteiger partial charge < -0.3 is 0 Å². The summed E-state index contributed by atoms with van der Waals surface area (Å²) in [4.78, 5) is 4.17. The maximum Gasteiger partial charge on any atom is 0.0794 e. The molecule has 0 unspecified atom stereocenters. The standard InChI is InChI=1S/C7H11NS.C2H6/c1-6(2)3-7-4-9-5-8-7;1-2/h4-6H,3H2,1-2H3;1-2H3. The first-order valence-electron chi connectivity index (χ1n) is 4.16. The van der Waals surface area contributed by atoms with Crippen LogP contribution in [0.1, 0.15) is 33.4 Å². The average molecular weight is 171 g/mol. The summed E-state index contributed by atoms with van der Waals surface area (Å²) in [6.45, 7) is 8.42. The molecular weight excluding hydrogens is 154 g/mol. The maximum absolute atomic E-state index is 4.17. The molecule has 0 saturated carbocycles. The minimum absolute atomic E-state index is 0.729. The average Bonchev–Trinajstić information content (AvgIpc) is 2.43. The smallest absolute Gasteiger partial charge is 0.0794 e. The Morgan fingerprint density at radius 1 is 1.45 bits per heavy atom. The highest BCUT2D eigenvalue weighted by atomic mass is 32.1. The molecule has 0 bridgehead atoms. The van der Waals surface area contributed by atoms with Crippen LogP contribution in [0.3, 0.4) is 0 Å². The number of nitrogens with zero attached hydrogens (tertiary/aromatic N) is 1. The van der Waals surface area contributed by atoms with Crippen molar-refractivity contribution in [3.05, 3.63) is 16.6 Å². The van der Waals surface area contributed by atoms with Gasteiger partial charge in [0.25, 0.3) is 0 Å². The van der Waals surface area contributed by atoms with Gasteiger partial charge in [0.2, 0.25) is 0 Å². The van der Waals surface area contributed by atoms with Gasteiger partial charge in [-0.2, -0.15) is 0 Å². The molecule has 11 heavy (non-hydrogen) atoms. The van der Waals surface area contributed by atoms with Gasteiger partial charge in [0, 0.05) is 5.38 Å². The minimum Gasteiger partial charge on any atom is -0.250 e. The van der Waals surface area contributed by atoms with E-state index in [-0.39, 0.29) is 0 Å². The van der Waals surface area contributed by atoms with Gasteiger partial charge >= 0.3 is 0 Å². The molecule has 0 aromatic carbocycles. The summed E-state index contributed by atoms with van der Waals surface area (Å²) in [7, 11) is 0. The summed E-state index contributed by atoms with van der Waals surface area (Å²) < 4.78 is 0. The van der Waals surface area contributed by atoms with E-state index in [0.29, 0.717) is 0 Å². The molecule has 1 aromatic rings. The Morgan fingerprint density at radius 2 is 2.09 bits per heavy atom. The summed E-state index contributed by atoms with van der Waals surface area (Å²) >= 11 is 1.67. The summed E-state index contributed by atoms with van der Waals surface area (Å²) in [6, 6.07) is 0. The minimum atomic E-state index is 0.729. The van der Waals surface area contributed by atoms with Crippen molar-refractivity contribution < 1.29 is 0 Å². The number of thiazole rings is 1. The molecule has 0 fully saturated rings. The van der Waals surface area contributed by atoms with Gasteiger partial charge in [0.1, 0.15) is 0 Å². The molecule has 1 nitrogen and oxygen atoms in total. The van der Waals surface area contributed by atoms with Gasteiger partial charge in [-0.3, -0.25) is 0 Å². The lowest BCUT2D eigenvalue weighted by Gasteiger charge is -1.97. The van der Waals surface area contributed by atoms with Crippen molar-refractivity contribution in [2.24, 2.45) is 5.92 Å². The Kier molecular flexibility index (Phi) is 6.13. The molecule has 0 saturated heterocycles. The van der Waals surface area contributed by atoms with Gasteiger partial charge in [-0.1, -0.05) is 27.7 Å². The van der Waals surface area contributed by atoms with E-state index in [1.807, 2.05) is 19.4 Å². The quantitative estimate of drug-likeness (QED) is 0.665. The Hall–Kier alpha value is -0.370. The largest absolute Gasteiger partial charge is 0.250 e. The molecule has 0 atom stereocenters. The fourth-order valence-corrected chi connectivity index (χ4v) is 1.33. The van der Waals surface area contributed by atoms with E-state index in [9.17, 15) is 0 Å². The molecule has 1 aromatic heterocycles. The van der Waals surface area contributed by atoms with E-state index in [2.05, 4.69) is 24.2 Å². The van der Waals surface area contributed by atoms with Crippen LogP contribution in [0.2, 0.25) is 0 Å². The predicted octanol–water partition coefficient (Wildman–Crippen LogP) is 3.37. The highest BCUT2D eigenvalue weighted by Crippen LogP contribution is 2.07. The van der Waals surface area contributed by atoms with Crippen LogP contribution < -0.4 is 0 Å². The zero-order valence-electron chi connectivity index (χ0n) is 7.79. The first-order chi connectivity index (χ1) is 5.29. The molecule has 0 radical (unpaired) electrons. The van der Waals surface area contributed by atoms with Crippen LogP contribution in [0.15, 0.2) is 10.9 Å². The third-order valence-electron chi connectivity index (χ3n) is 1.10. The summed E-state index contributed by atoms with van der Waals surface area (Å²) in [6.07, 6.45) is 1.11. The van der Waals surface area contributed by atoms with Crippen molar-refractivity contribution in [3.8, 4) is 0 Å². The third kappa shape index (κ3) is 4.96. The second-order valence-electron chi connectivity index (χ2n) is 2.58. The van der Waals surface area contributed by atoms with E-state index in [1.54, 1.807) is 11.3 Å². The van der Waals surface area contributed by atoms with Gasteiger partial charge in [0.05, 0.1) is 11.2 Å². The predicted molar refractivity (Wildman–Crippen MR) is 52.0 cm³/mol. The maximum atomic E-state index is 4.17. The molecule has 0 amide bonds. The van der Waals surface area contributed by atoms with E-state index < -0.39 is 0 Å². The molecule has 0 spiro atoms. The Morgan fingerprint density at radius 3 is 2.45 bits per heavy atom. The highest BCUT2D eigenvalue weighted by Gasteiger charge is 1.97. The number of rotatable bonds is 2. The van der Waals surface area contributed by atoms with E-state index in [1.165, 1.54) is 5.69 Å². The van der Waals surface area contributed by atoms with Crippen molar-refractivity contribution >= 4 is 11.3 Å². The van der Waals surface area contributed by atoms with Gasteiger partial charge in [-0.25, -0.2) is 4.98 Å². The lowest BCUT2D eigenvalue weighted by atomic mass is 10.1. The lowest BCUT2D eigenvalue weighted by molar-refractivity contribution is 0.638. The molecular formula is C9H17NS. The van der Waals surface area contributed by atoms with Crippen LogP contribution in [0.4, 0.5) is 0 Å². The third-order valence-corrected chi connectivity index (χ3v) is 1.74. The van der Waals surface area contributed by atoms with Crippen LogP contribution in [-0.2, 0) is 6.42 Å². The Bertz CT molecular complexity index is 156. The molecule has 0 aliphatic rings. The van der Waals surface area contributed by atoms with Crippen LogP contribution in [0.5, 0.6) is 0 Å². The number of hydrogen-bond acceptors (Lipinski definition) is 2. The fourth-order valence-electron chi connectivity index (χ4n) is 0.757. The second-order valence-corrected chi connectivity index (χ2v) is 3.30. The normalized spacial score (nSPS) is 9.18. The molecule has 2 heteroatoms. The first kappa shape index (κ1) is 10.6. The highest BCUT2D eigenvalue weighted by molar-refractivity contribution is 7.07. The van der Waals surface area contributed by atoms with Crippen LogP contribution in [0, 0.1) is 5.92 Å². The summed E-state index contributed by atoms with van der Waals surface area (Å²) in [5.41, 5.74) is 3.12. The van der Waals surface area contributed by atoms with Crippen molar-refractivity contribution in [1.29, 1.82) is 0 Å². The fraction of sp³-hybridized carbons (Fsp3) is 0.667.